The van der Waals surface area contributed by atoms with Gasteiger partial charge in [0.1, 0.15) is 0 Å². The van der Waals surface area contributed by atoms with Crippen LogP contribution >= 0.6 is 15.9 Å². The molecule has 4 nitrogen and oxygen atoms in total. The zero-order valence-electron chi connectivity index (χ0n) is 12.2. The summed E-state index contributed by atoms with van der Waals surface area (Å²) in [5.74, 6) is -0.147. The number of carbonyl (C=O) groups is 1. The van der Waals surface area contributed by atoms with E-state index < -0.39 is 0 Å². The fourth-order valence-corrected chi connectivity index (χ4v) is 2.56. The van der Waals surface area contributed by atoms with E-state index in [1.54, 1.807) is 24.7 Å². The maximum Gasteiger partial charge on any atom is 0.253 e. The lowest BCUT2D eigenvalue weighted by Gasteiger charge is -2.07. The smallest absolute Gasteiger partial charge is 0.253 e. The summed E-state index contributed by atoms with van der Waals surface area (Å²) in [6.45, 7) is 0.463. The summed E-state index contributed by atoms with van der Waals surface area (Å²) >= 11 is 3.47. The molecule has 0 unspecified atom stereocenters. The van der Waals surface area contributed by atoms with Crippen molar-refractivity contribution >= 4 is 21.8 Å². The molecule has 0 spiro atoms. The molecule has 5 heteroatoms. The first-order valence-corrected chi connectivity index (χ1v) is 7.91. The van der Waals surface area contributed by atoms with E-state index in [0.717, 1.165) is 21.3 Å². The molecule has 2 heterocycles. The largest absolute Gasteiger partial charge is 0.348 e. The molecule has 0 bridgehead atoms. The van der Waals surface area contributed by atoms with Gasteiger partial charge in [-0.1, -0.05) is 34.1 Å². The Balaban J connectivity index is 1.67. The quantitative estimate of drug-likeness (QED) is 0.762. The van der Waals surface area contributed by atoms with Gasteiger partial charge in [-0.05, 0) is 35.9 Å². The first-order chi connectivity index (χ1) is 11.2. The SMILES string of the molecule is O=C(NCc1ccccc1Br)c1ccc(-c2cccnc2)nc1. The number of amides is 1. The van der Waals surface area contributed by atoms with Crippen LogP contribution in [0, 0.1) is 0 Å². The number of carbonyl (C=O) groups excluding carboxylic acids is 1. The molecule has 0 aliphatic heterocycles. The fraction of sp³-hybridized carbons (Fsp3) is 0.0556. The molecule has 1 N–H and O–H groups in total. The molecule has 1 aromatic carbocycles. The fourth-order valence-electron chi connectivity index (χ4n) is 2.13. The minimum absolute atomic E-state index is 0.147. The van der Waals surface area contributed by atoms with Crippen molar-refractivity contribution in [2.24, 2.45) is 0 Å². The number of rotatable bonds is 4. The monoisotopic (exact) mass is 367 g/mol. The van der Waals surface area contributed by atoms with Gasteiger partial charge in [0, 0.05) is 35.2 Å². The normalized spacial score (nSPS) is 10.3. The van der Waals surface area contributed by atoms with Crippen LogP contribution in [-0.4, -0.2) is 15.9 Å². The average Bonchev–Trinajstić information content (AvgIpc) is 2.62. The van der Waals surface area contributed by atoms with Gasteiger partial charge in [-0.15, -0.1) is 0 Å². The first kappa shape index (κ1) is 15.4. The minimum Gasteiger partial charge on any atom is -0.348 e. The van der Waals surface area contributed by atoms with Gasteiger partial charge in [0.25, 0.3) is 5.91 Å². The number of hydrogen-bond acceptors (Lipinski definition) is 3. The van der Waals surface area contributed by atoms with Crippen molar-refractivity contribution in [3.63, 3.8) is 0 Å². The summed E-state index contributed by atoms with van der Waals surface area (Å²) in [6, 6.07) is 15.2. The van der Waals surface area contributed by atoms with Crippen molar-refractivity contribution in [3.05, 3.63) is 82.7 Å². The molecule has 0 saturated heterocycles. The first-order valence-electron chi connectivity index (χ1n) is 7.12. The second-order valence-corrected chi connectivity index (χ2v) is 5.80. The van der Waals surface area contributed by atoms with Gasteiger partial charge in [0.15, 0.2) is 0 Å². The van der Waals surface area contributed by atoms with E-state index in [-0.39, 0.29) is 5.91 Å². The highest BCUT2D eigenvalue weighted by Gasteiger charge is 2.08. The van der Waals surface area contributed by atoms with E-state index in [2.05, 4.69) is 31.2 Å². The predicted molar refractivity (Wildman–Crippen MR) is 92.8 cm³/mol. The van der Waals surface area contributed by atoms with Crippen LogP contribution in [0.3, 0.4) is 0 Å². The summed E-state index contributed by atoms with van der Waals surface area (Å²) in [4.78, 5) is 20.6. The predicted octanol–water partition coefficient (Wildman–Crippen LogP) is 3.84. The summed E-state index contributed by atoms with van der Waals surface area (Å²) in [5.41, 5.74) is 3.28. The third-order valence-corrected chi connectivity index (χ3v) is 4.15. The molecule has 0 fully saturated rings. The average molecular weight is 368 g/mol. The van der Waals surface area contributed by atoms with E-state index in [1.165, 1.54) is 0 Å². The van der Waals surface area contributed by atoms with Crippen LogP contribution in [0.4, 0.5) is 0 Å². The highest BCUT2D eigenvalue weighted by Crippen LogP contribution is 2.17. The Labute approximate surface area is 142 Å². The molecule has 2 aromatic heterocycles. The van der Waals surface area contributed by atoms with Crippen molar-refractivity contribution < 1.29 is 4.79 Å². The maximum atomic E-state index is 12.2. The van der Waals surface area contributed by atoms with Gasteiger partial charge >= 0.3 is 0 Å². The Morgan fingerprint density at radius 1 is 1.04 bits per heavy atom. The van der Waals surface area contributed by atoms with Crippen molar-refractivity contribution in [2.75, 3.05) is 0 Å². The Hall–Kier alpha value is -2.53. The Morgan fingerprint density at radius 2 is 1.91 bits per heavy atom. The van der Waals surface area contributed by atoms with E-state index in [9.17, 15) is 4.79 Å². The van der Waals surface area contributed by atoms with Crippen LogP contribution in [0.5, 0.6) is 0 Å². The van der Waals surface area contributed by atoms with Crippen molar-refractivity contribution in [3.8, 4) is 11.3 Å². The number of halogens is 1. The maximum absolute atomic E-state index is 12.2. The highest BCUT2D eigenvalue weighted by atomic mass is 79.9. The molecule has 1 amide bonds. The number of pyridine rings is 2. The molecule has 0 saturated carbocycles. The topological polar surface area (TPSA) is 54.9 Å². The van der Waals surface area contributed by atoms with E-state index in [0.29, 0.717) is 12.1 Å². The molecule has 0 aliphatic rings. The molecular weight excluding hydrogens is 354 g/mol. The molecular formula is C18H14BrN3O. The standard InChI is InChI=1S/C18H14BrN3O/c19-16-6-2-1-4-13(16)11-22-18(23)15-7-8-17(21-12-15)14-5-3-9-20-10-14/h1-10,12H,11H2,(H,22,23). The molecule has 0 aliphatic carbocycles. The van der Waals surface area contributed by atoms with Crippen molar-refractivity contribution in [1.29, 1.82) is 0 Å². The van der Waals surface area contributed by atoms with Crippen LogP contribution < -0.4 is 5.32 Å². The Bertz CT molecular complexity index is 804. The minimum atomic E-state index is -0.147. The molecule has 23 heavy (non-hydrogen) atoms. The molecule has 114 valence electrons. The summed E-state index contributed by atoms with van der Waals surface area (Å²) in [6.07, 6.45) is 5.04. The second-order valence-electron chi connectivity index (χ2n) is 4.95. The number of nitrogens with one attached hydrogen (secondary N) is 1. The molecule has 0 radical (unpaired) electrons. The third-order valence-electron chi connectivity index (χ3n) is 3.38. The van der Waals surface area contributed by atoms with Gasteiger partial charge in [-0.3, -0.25) is 14.8 Å². The molecule has 0 atom stereocenters. The van der Waals surface area contributed by atoms with Gasteiger partial charge in [0.05, 0.1) is 11.3 Å². The van der Waals surface area contributed by atoms with Gasteiger partial charge in [0.2, 0.25) is 0 Å². The van der Waals surface area contributed by atoms with E-state index in [4.69, 9.17) is 0 Å². The lowest BCUT2D eigenvalue weighted by Crippen LogP contribution is -2.23. The van der Waals surface area contributed by atoms with Crippen LogP contribution in [0.1, 0.15) is 15.9 Å². The summed E-state index contributed by atoms with van der Waals surface area (Å²) < 4.78 is 0.977. The van der Waals surface area contributed by atoms with Crippen LogP contribution in [0.25, 0.3) is 11.3 Å². The van der Waals surface area contributed by atoms with Crippen LogP contribution in [-0.2, 0) is 6.54 Å². The van der Waals surface area contributed by atoms with Gasteiger partial charge in [-0.25, -0.2) is 0 Å². The zero-order chi connectivity index (χ0) is 16.1. The molecule has 3 aromatic rings. The lowest BCUT2D eigenvalue weighted by molar-refractivity contribution is 0.0950. The Morgan fingerprint density at radius 3 is 2.61 bits per heavy atom. The lowest BCUT2D eigenvalue weighted by atomic mass is 10.1. The highest BCUT2D eigenvalue weighted by molar-refractivity contribution is 9.10. The summed E-state index contributed by atoms with van der Waals surface area (Å²) in [5, 5.41) is 2.89. The van der Waals surface area contributed by atoms with Crippen LogP contribution in [0.2, 0.25) is 0 Å². The van der Waals surface area contributed by atoms with E-state index in [1.807, 2.05) is 42.5 Å². The molecule has 3 rings (SSSR count). The van der Waals surface area contributed by atoms with Crippen LogP contribution in [0.15, 0.2) is 71.6 Å². The number of nitrogens with zero attached hydrogens (tertiary/aromatic N) is 2. The number of benzene rings is 1. The van der Waals surface area contributed by atoms with Gasteiger partial charge in [-0.2, -0.15) is 0 Å². The van der Waals surface area contributed by atoms with Crippen molar-refractivity contribution in [1.82, 2.24) is 15.3 Å². The Kier molecular flexibility index (Phi) is 4.78. The third kappa shape index (κ3) is 3.81. The second kappa shape index (κ2) is 7.15. The van der Waals surface area contributed by atoms with Gasteiger partial charge < -0.3 is 5.32 Å². The number of hydrogen-bond donors (Lipinski definition) is 1. The zero-order valence-corrected chi connectivity index (χ0v) is 13.8. The van der Waals surface area contributed by atoms with Crippen molar-refractivity contribution in [2.45, 2.75) is 6.54 Å². The number of aromatic nitrogens is 2. The summed E-state index contributed by atoms with van der Waals surface area (Å²) in [7, 11) is 0. The van der Waals surface area contributed by atoms with E-state index >= 15 is 0 Å².